The Hall–Kier alpha value is -0.120. The summed E-state index contributed by atoms with van der Waals surface area (Å²) in [7, 11) is 0. The molecule has 0 aromatic heterocycles. The zero-order valence-electron chi connectivity index (χ0n) is 13.2. The van der Waals surface area contributed by atoms with Gasteiger partial charge in [0.15, 0.2) is 0 Å². The molecule has 1 aliphatic heterocycles. The first-order chi connectivity index (χ1) is 9.13. The van der Waals surface area contributed by atoms with E-state index in [1.807, 2.05) is 0 Å². The predicted octanol–water partition coefficient (Wildman–Crippen LogP) is 2.45. The minimum absolute atomic E-state index is 0.292. The summed E-state index contributed by atoms with van der Waals surface area (Å²) in [6.45, 7) is 11.5. The molecule has 3 nitrogen and oxygen atoms in total. The molecule has 1 unspecified atom stereocenters. The molecule has 1 saturated heterocycles. The molecule has 1 aliphatic carbocycles. The van der Waals surface area contributed by atoms with Crippen LogP contribution in [0.15, 0.2) is 0 Å². The summed E-state index contributed by atoms with van der Waals surface area (Å²) < 4.78 is 0. The van der Waals surface area contributed by atoms with Crippen molar-refractivity contribution in [2.24, 2.45) is 5.73 Å². The van der Waals surface area contributed by atoms with Crippen molar-refractivity contribution in [1.29, 1.82) is 0 Å². The molecular formula is C16H33N3. The topological polar surface area (TPSA) is 32.5 Å². The van der Waals surface area contributed by atoms with Gasteiger partial charge in [-0.1, -0.05) is 6.92 Å². The van der Waals surface area contributed by atoms with Crippen LogP contribution in [-0.4, -0.2) is 53.6 Å². The van der Waals surface area contributed by atoms with Gasteiger partial charge >= 0.3 is 0 Å². The van der Waals surface area contributed by atoms with E-state index in [2.05, 4.69) is 30.6 Å². The molecule has 1 saturated carbocycles. The number of likely N-dealkylation sites (tertiary alicyclic amines) is 1. The van der Waals surface area contributed by atoms with Gasteiger partial charge in [-0.3, -0.25) is 4.90 Å². The fourth-order valence-electron chi connectivity index (χ4n) is 3.76. The largest absolute Gasteiger partial charge is 0.329 e. The molecule has 3 heteroatoms. The molecule has 2 fully saturated rings. The fourth-order valence-corrected chi connectivity index (χ4v) is 3.76. The molecule has 2 aliphatic rings. The third kappa shape index (κ3) is 3.50. The summed E-state index contributed by atoms with van der Waals surface area (Å²) in [4.78, 5) is 5.42. The Labute approximate surface area is 119 Å². The van der Waals surface area contributed by atoms with Crippen molar-refractivity contribution >= 4 is 0 Å². The summed E-state index contributed by atoms with van der Waals surface area (Å²) in [5.41, 5.74) is 6.56. The first-order valence-corrected chi connectivity index (χ1v) is 8.34. The van der Waals surface area contributed by atoms with Gasteiger partial charge in [-0.2, -0.15) is 0 Å². The van der Waals surface area contributed by atoms with Gasteiger partial charge in [0.05, 0.1) is 0 Å². The molecule has 0 radical (unpaired) electrons. The average molecular weight is 267 g/mol. The number of nitrogens with two attached hydrogens (primary N) is 1. The second-order valence-electron chi connectivity index (χ2n) is 6.84. The normalized spacial score (nSPS) is 30.0. The van der Waals surface area contributed by atoms with Crippen molar-refractivity contribution in [3.05, 3.63) is 0 Å². The van der Waals surface area contributed by atoms with Crippen molar-refractivity contribution in [3.8, 4) is 0 Å². The van der Waals surface area contributed by atoms with E-state index in [9.17, 15) is 0 Å². The van der Waals surface area contributed by atoms with Crippen LogP contribution in [0.4, 0.5) is 0 Å². The van der Waals surface area contributed by atoms with Gasteiger partial charge in [0.25, 0.3) is 0 Å². The van der Waals surface area contributed by atoms with Gasteiger partial charge in [-0.05, 0) is 65.5 Å². The zero-order valence-corrected chi connectivity index (χ0v) is 13.2. The van der Waals surface area contributed by atoms with E-state index in [-0.39, 0.29) is 0 Å². The highest BCUT2D eigenvalue weighted by atomic mass is 15.3. The highest BCUT2D eigenvalue weighted by Crippen LogP contribution is 2.38. The smallest absolute Gasteiger partial charge is 0.0347 e. The maximum atomic E-state index is 6.27. The highest BCUT2D eigenvalue weighted by Gasteiger charge is 2.43. The van der Waals surface area contributed by atoms with Crippen LogP contribution in [0, 0.1) is 0 Å². The molecule has 0 bridgehead atoms. The van der Waals surface area contributed by atoms with Crippen LogP contribution in [0.5, 0.6) is 0 Å². The summed E-state index contributed by atoms with van der Waals surface area (Å²) in [6, 6.07) is 1.52. The van der Waals surface area contributed by atoms with Crippen LogP contribution in [0.1, 0.15) is 59.3 Å². The molecule has 19 heavy (non-hydrogen) atoms. The number of rotatable bonds is 6. The summed E-state index contributed by atoms with van der Waals surface area (Å²) in [6.07, 6.45) is 7.92. The molecule has 112 valence electrons. The van der Waals surface area contributed by atoms with E-state index in [1.54, 1.807) is 0 Å². The molecule has 1 atom stereocenters. The van der Waals surface area contributed by atoms with Gasteiger partial charge in [0, 0.05) is 30.7 Å². The predicted molar refractivity (Wildman–Crippen MR) is 82.4 cm³/mol. The second kappa shape index (κ2) is 6.55. The Morgan fingerprint density at radius 2 is 2.00 bits per heavy atom. The molecule has 2 N–H and O–H groups in total. The lowest BCUT2D eigenvalue weighted by Gasteiger charge is -2.43. The van der Waals surface area contributed by atoms with E-state index in [1.165, 1.54) is 58.2 Å². The van der Waals surface area contributed by atoms with Gasteiger partial charge in [0.2, 0.25) is 0 Å². The van der Waals surface area contributed by atoms with Crippen molar-refractivity contribution in [3.63, 3.8) is 0 Å². The minimum Gasteiger partial charge on any atom is -0.329 e. The van der Waals surface area contributed by atoms with E-state index < -0.39 is 0 Å². The van der Waals surface area contributed by atoms with Crippen LogP contribution in [-0.2, 0) is 0 Å². The Kier molecular flexibility index (Phi) is 5.27. The first kappa shape index (κ1) is 15.3. The maximum Gasteiger partial charge on any atom is 0.0347 e. The van der Waals surface area contributed by atoms with Crippen LogP contribution in [0.2, 0.25) is 0 Å². The quantitative estimate of drug-likeness (QED) is 0.802. The van der Waals surface area contributed by atoms with Gasteiger partial charge in [0.1, 0.15) is 0 Å². The van der Waals surface area contributed by atoms with Crippen molar-refractivity contribution in [1.82, 2.24) is 9.80 Å². The molecular weight excluding hydrogens is 234 g/mol. The third-order valence-corrected chi connectivity index (χ3v) is 5.12. The van der Waals surface area contributed by atoms with Gasteiger partial charge in [-0.25, -0.2) is 0 Å². The summed E-state index contributed by atoms with van der Waals surface area (Å²) >= 11 is 0. The third-order valence-electron chi connectivity index (χ3n) is 5.12. The molecule has 2 rings (SSSR count). The second-order valence-corrected chi connectivity index (χ2v) is 6.84. The van der Waals surface area contributed by atoms with Crippen molar-refractivity contribution in [2.45, 2.75) is 76.9 Å². The van der Waals surface area contributed by atoms with Gasteiger partial charge in [-0.15, -0.1) is 0 Å². The lowest BCUT2D eigenvalue weighted by molar-refractivity contribution is 0.0680. The fraction of sp³-hybridized carbons (Fsp3) is 1.00. The maximum absolute atomic E-state index is 6.27. The molecule has 1 heterocycles. The Balaban J connectivity index is 2.07. The van der Waals surface area contributed by atoms with Crippen LogP contribution in [0.25, 0.3) is 0 Å². The van der Waals surface area contributed by atoms with Gasteiger partial charge < -0.3 is 10.6 Å². The molecule has 0 aromatic carbocycles. The lowest BCUT2D eigenvalue weighted by atomic mass is 9.88. The van der Waals surface area contributed by atoms with Crippen LogP contribution < -0.4 is 5.73 Å². The number of hydrogen-bond donors (Lipinski definition) is 1. The summed E-state index contributed by atoms with van der Waals surface area (Å²) in [5.74, 6) is 0. The minimum atomic E-state index is 0.292. The molecule has 0 spiro atoms. The zero-order chi connectivity index (χ0) is 13.9. The highest BCUT2D eigenvalue weighted by molar-refractivity contribution is 5.00. The van der Waals surface area contributed by atoms with E-state index in [4.69, 9.17) is 5.73 Å². The Bertz CT molecular complexity index is 275. The Morgan fingerprint density at radius 1 is 1.26 bits per heavy atom. The number of hydrogen-bond acceptors (Lipinski definition) is 3. The standard InChI is InChI=1S/C16H33N3/c1-4-10-19(15-6-7-15)16(13-17)8-5-11-18(12-9-16)14(2)3/h14-15H,4-13,17H2,1-3H3. The molecule has 0 aromatic rings. The molecule has 0 amide bonds. The lowest BCUT2D eigenvalue weighted by Crippen LogP contribution is -2.55. The van der Waals surface area contributed by atoms with E-state index in [0.29, 0.717) is 11.6 Å². The van der Waals surface area contributed by atoms with E-state index in [0.717, 1.165) is 12.6 Å². The SMILES string of the molecule is CCCN(C1CC1)C1(CN)CCCN(C(C)C)CC1. The van der Waals surface area contributed by atoms with E-state index >= 15 is 0 Å². The van der Waals surface area contributed by atoms with Crippen LogP contribution >= 0.6 is 0 Å². The first-order valence-electron chi connectivity index (χ1n) is 8.34. The summed E-state index contributed by atoms with van der Waals surface area (Å²) in [5, 5.41) is 0. The average Bonchev–Trinajstić information content (AvgIpc) is 3.22. The monoisotopic (exact) mass is 267 g/mol. The number of nitrogens with zero attached hydrogens (tertiary/aromatic N) is 2. The van der Waals surface area contributed by atoms with Crippen LogP contribution in [0.3, 0.4) is 0 Å². The Morgan fingerprint density at radius 3 is 2.53 bits per heavy atom. The van der Waals surface area contributed by atoms with Crippen molar-refractivity contribution < 1.29 is 0 Å². The van der Waals surface area contributed by atoms with Crippen molar-refractivity contribution in [2.75, 3.05) is 26.2 Å².